The lowest BCUT2D eigenvalue weighted by molar-refractivity contribution is 0.250. The van der Waals surface area contributed by atoms with Gasteiger partial charge >= 0.3 is 0 Å². The van der Waals surface area contributed by atoms with Crippen LogP contribution in [0.4, 0.5) is 0 Å². The minimum Gasteiger partial charge on any atom is -0.319 e. The van der Waals surface area contributed by atoms with Gasteiger partial charge in [0.1, 0.15) is 0 Å². The van der Waals surface area contributed by atoms with E-state index in [-0.39, 0.29) is 0 Å². The molecule has 0 saturated carbocycles. The van der Waals surface area contributed by atoms with Crippen LogP contribution in [0.5, 0.6) is 0 Å². The van der Waals surface area contributed by atoms with Gasteiger partial charge < -0.3 is 10.2 Å². The number of nitrogens with one attached hydrogen (secondary N) is 1. The number of nitrogens with zero attached hydrogens (tertiary/aromatic N) is 1. The zero-order valence-electron chi connectivity index (χ0n) is 8.69. The molecule has 1 unspecified atom stereocenters. The summed E-state index contributed by atoms with van der Waals surface area (Å²) in [4.78, 5) is 2.56. The molecule has 0 aromatic heterocycles. The molecule has 1 heterocycles. The fourth-order valence-corrected chi connectivity index (χ4v) is 2.23. The summed E-state index contributed by atoms with van der Waals surface area (Å²) < 4.78 is 0. The van der Waals surface area contributed by atoms with Gasteiger partial charge in [-0.15, -0.1) is 0 Å². The highest BCUT2D eigenvalue weighted by Crippen LogP contribution is 2.32. The van der Waals surface area contributed by atoms with Crippen LogP contribution in [0.15, 0.2) is 0 Å². The van der Waals surface area contributed by atoms with Crippen LogP contribution in [0.25, 0.3) is 0 Å². The van der Waals surface area contributed by atoms with Gasteiger partial charge in [0.2, 0.25) is 0 Å². The lowest BCUT2D eigenvalue weighted by Gasteiger charge is -2.27. The summed E-state index contributed by atoms with van der Waals surface area (Å²) in [6, 6.07) is 0. The van der Waals surface area contributed by atoms with Gasteiger partial charge in [-0.2, -0.15) is 0 Å². The maximum Gasteiger partial charge on any atom is 0.00504 e. The van der Waals surface area contributed by atoms with Crippen molar-refractivity contribution < 1.29 is 0 Å². The fourth-order valence-electron chi connectivity index (χ4n) is 2.23. The third-order valence-corrected chi connectivity index (χ3v) is 3.27. The maximum absolute atomic E-state index is 3.32. The van der Waals surface area contributed by atoms with Gasteiger partial charge in [-0.25, -0.2) is 0 Å². The maximum atomic E-state index is 3.32. The SMILES string of the molecule is CCN1CCC(CC)(CNC)C1. The minimum atomic E-state index is 0.574. The molecule has 12 heavy (non-hydrogen) atoms. The molecular formula is C10H22N2. The molecule has 1 N–H and O–H groups in total. The number of hydrogen-bond donors (Lipinski definition) is 1. The van der Waals surface area contributed by atoms with Crippen LogP contribution in [0.1, 0.15) is 26.7 Å². The fraction of sp³-hybridized carbons (Fsp3) is 1.00. The summed E-state index contributed by atoms with van der Waals surface area (Å²) >= 11 is 0. The summed E-state index contributed by atoms with van der Waals surface area (Å²) in [6.07, 6.45) is 2.68. The molecule has 0 aromatic carbocycles. The molecule has 0 spiro atoms. The Bertz CT molecular complexity index is 136. The molecule has 0 bridgehead atoms. The predicted octanol–water partition coefficient (Wildman–Crippen LogP) is 1.33. The van der Waals surface area contributed by atoms with E-state index in [1.54, 1.807) is 0 Å². The van der Waals surface area contributed by atoms with Crippen molar-refractivity contribution in [3.8, 4) is 0 Å². The van der Waals surface area contributed by atoms with E-state index in [9.17, 15) is 0 Å². The first-order valence-electron chi connectivity index (χ1n) is 5.13. The van der Waals surface area contributed by atoms with Crippen molar-refractivity contribution in [3.63, 3.8) is 0 Å². The zero-order valence-corrected chi connectivity index (χ0v) is 8.69. The number of rotatable bonds is 4. The van der Waals surface area contributed by atoms with Crippen molar-refractivity contribution in [1.82, 2.24) is 10.2 Å². The van der Waals surface area contributed by atoms with E-state index in [0.29, 0.717) is 5.41 Å². The Kier molecular flexibility index (Phi) is 3.53. The minimum absolute atomic E-state index is 0.574. The largest absolute Gasteiger partial charge is 0.319 e. The molecule has 1 fully saturated rings. The van der Waals surface area contributed by atoms with Gasteiger partial charge in [-0.3, -0.25) is 0 Å². The average Bonchev–Trinajstić information content (AvgIpc) is 2.50. The molecular weight excluding hydrogens is 148 g/mol. The summed E-state index contributed by atoms with van der Waals surface area (Å²) in [7, 11) is 2.06. The summed E-state index contributed by atoms with van der Waals surface area (Å²) in [5.74, 6) is 0. The second kappa shape index (κ2) is 4.24. The van der Waals surface area contributed by atoms with Crippen molar-refractivity contribution in [2.45, 2.75) is 26.7 Å². The van der Waals surface area contributed by atoms with Crippen molar-refractivity contribution in [2.24, 2.45) is 5.41 Å². The zero-order chi connectivity index (χ0) is 9.03. The van der Waals surface area contributed by atoms with E-state index in [1.807, 2.05) is 0 Å². The van der Waals surface area contributed by atoms with E-state index >= 15 is 0 Å². The Morgan fingerprint density at radius 1 is 1.42 bits per heavy atom. The Balaban J connectivity index is 2.47. The molecule has 0 radical (unpaired) electrons. The highest BCUT2D eigenvalue weighted by molar-refractivity contribution is 4.89. The van der Waals surface area contributed by atoms with Crippen molar-refractivity contribution in [2.75, 3.05) is 33.2 Å². The lowest BCUT2D eigenvalue weighted by atomic mass is 9.84. The molecule has 1 aliphatic heterocycles. The van der Waals surface area contributed by atoms with Crippen LogP contribution in [0.2, 0.25) is 0 Å². The smallest absolute Gasteiger partial charge is 0.00504 e. The standard InChI is InChI=1S/C10H22N2/c1-4-10(8-11-3)6-7-12(5-2)9-10/h11H,4-9H2,1-3H3. The van der Waals surface area contributed by atoms with Crippen LogP contribution in [0.3, 0.4) is 0 Å². The first-order valence-corrected chi connectivity index (χ1v) is 5.13. The van der Waals surface area contributed by atoms with Crippen molar-refractivity contribution >= 4 is 0 Å². The second-order valence-corrected chi connectivity index (χ2v) is 4.00. The molecule has 72 valence electrons. The first-order chi connectivity index (χ1) is 5.76. The van der Waals surface area contributed by atoms with Gasteiger partial charge in [-0.05, 0) is 38.4 Å². The van der Waals surface area contributed by atoms with Gasteiger partial charge in [0.05, 0.1) is 0 Å². The highest BCUT2D eigenvalue weighted by Gasteiger charge is 2.34. The molecule has 1 rings (SSSR count). The van der Waals surface area contributed by atoms with E-state index in [2.05, 4.69) is 31.1 Å². The van der Waals surface area contributed by atoms with Crippen LogP contribution in [0, 0.1) is 5.41 Å². The molecule has 1 aliphatic rings. The van der Waals surface area contributed by atoms with Crippen LogP contribution in [-0.2, 0) is 0 Å². The monoisotopic (exact) mass is 170 g/mol. The van der Waals surface area contributed by atoms with Crippen molar-refractivity contribution in [1.29, 1.82) is 0 Å². The molecule has 2 nitrogen and oxygen atoms in total. The van der Waals surface area contributed by atoms with Crippen molar-refractivity contribution in [3.05, 3.63) is 0 Å². The summed E-state index contributed by atoms with van der Waals surface area (Å²) in [6.45, 7) is 9.56. The van der Waals surface area contributed by atoms with Gasteiger partial charge in [0.15, 0.2) is 0 Å². The predicted molar refractivity (Wildman–Crippen MR) is 53.4 cm³/mol. The van der Waals surface area contributed by atoms with Crippen LogP contribution in [-0.4, -0.2) is 38.1 Å². The van der Waals surface area contributed by atoms with Gasteiger partial charge in [-0.1, -0.05) is 13.8 Å². The second-order valence-electron chi connectivity index (χ2n) is 4.00. The van der Waals surface area contributed by atoms with Gasteiger partial charge in [0.25, 0.3) is 0 Å². The van der Waals surface area contributed by atoms with E-state index in [4.69, 9.17) is 0 Å². The summed E-state index contributed by atoms with van der Waals surface area (Å²) in [5, 5.41) is 3.32. The number of hydrogen-bond acceptors (Lipinski definition) is 2. The topological polar surface area (TPSA) is 15.3 Å². The Hall–Kier alpha value is -0.0800. The quantitative estimate of drug-likeness (QED) is 0.684. The van der Waals surface area contributed by atoms with E-state index in [0.717, 1.165) is 0 Å². The molecule has 1 atom stereocenters. The Morgan fingerprint density at radius 2 is 2.17 bits per heavy atom. The third kappa shape index (κ3) is 1.99. The van der Waals surface area contributed by atoms with E-state index < -0.39 is 0 Å². The number of likely N-dealkylation sites (tertiary alicyclic amines) is 1. The molecule has 0 aliphatic carbocycles. The summed E-state index contributed by atoms with van der Waals surface area (Å²) in [5.41, 5.74) is 0.574. The Labute approximate surface area is 76.3 Å². The normalized spacial score (nSPS) is 31.2. The highest BCUT2D eigenvalue weighted by atomic mass is 15.2. The lowest BCUT2D eigenvalue weighted by Crippen LogP contribution is -2.35. The van der Waals surface area contributed by atoms with Gasteiger partial charge in [0, 0.05) is 13.1 Å². The van der Waals surface area contributed by atoms with Crippen LogP contribution >= 0.6 is 0 Å². The van der Waals surface area contributed by atoms with Crippen LogP contribution < -0.4 is 5.32 Å². The third-order valence-electron chi connectivity index (χ3n) is 3.27. The molecule has 0 aromatic rings. The Morgan fingerprint density at radius 3 is 2.58 bits per heavy atom. The molecule has 2 heteroatoms. The van der Waals surface area contributed by atoms with E-state index in [1.165, 1.54) is 39.0 Å². The first kappa shape index (κ1) is 10.0. The average molecular weight is 170 g/mol. The molecule has 0 amide bonds. The molecule has 1 saturated heterocycles.